The molecule has 59 heavy (non-hydrogen) atoms. The first kappa shape index (κ1) is 56.6. The molecular weight excluding hydrogens is 764 g/mol. The number of carbonyl (C=O) groups excluding carboxylic acids is 1. The molecule has 0 aliphatic carbocycles. The van der Waals surface area contributed by atoms with Gasteiger partial charge < -0.3 is 24.6 Å². The maximum Gasteiger partial charge on any atom is 0.472 e. The Balaban J connectivity index is 4.25. The number of allylic oxidation sites excluding steroid dienone is 14. The lowest BCUT2D eigenvalue weighted by atomic mass is 10.1. The number of aliphatic hydroxyl groups excluding tert-OH is 2. The van der Waals surface area contributed by atoms with Crippen LogP contribution in [0.2, 0.25) is 0 Å². The Morgan fingerprint density at radius 3 is 1.47 bits per heavy atom. The van der Waals surface area contributed by atoms with Crippen LogP contribution in [0.3, 0.4) is 0 Å². The Hall–Kier alpha value is -2.36. The Labute approximate surface area is 360 Å². The van der Waals surface area contributed by atoms with Crippen molar-refractivity contribution in [3.8, 4) is 0 Å². The van der Waals surface area contributed by atoms with Crippen LogP contribution in [-0.4, -0.2) is 66.3 Å². The summed E-state index contributed by atoms with van der Waals surface area (Å²) in [4.78, 5) is 22.6. The highest BCUT2D eigenvalue weighted by molar-refractivity contribution is 7.47. The standard InChI is InChI=1S/C49H85O9P/c1-3-5-7-9-11-13-15-17-19-21-22-23-24-25-26-28-30-32-34-36-38-40-42-55-45-48(46-57-59(53,54)56-44-47(51)43-50)58-49(52)41-39-37-35-33-31-29-27-20-18-16-14-12-10-8-6-4-2/h5,7,11,13,17,19-20,22-23,25-27,30,32,47-48,50-51H,3-4,6,8-10,12,14-16,18,21,24,28-29,31,33-46H2,1-2H3,(H,53,54)/b7-5-,13-11-,19-17-,23-22-,26-25-,27-20-,32-30-. The smallest absolute Gasteiger partial charge is 0.457 e. The van der Waals surface area contributed by atoms with E-state index in [2.05, 4.69) is 98.9 Å². The minimum absolute atomic E-state index is 0.0185. The van der Waals surface area contributed by atoms with E-state index in [4.69, 9.17) is 23.6 Å². The first-order valence-electron chi connectivity index (χ1n) is 23.1. The van der Waals surface area contributed by atoms with Crippen molar-refractivity contribution in [1.29, 1.82) is 0 Å². The number of rotatable bonds is 43. The zero-order valence-electron chi connectivity index (χ0n) is 37.2. The third-order valence-corrected chi connectivity index (χ3v) is 10.3. The van der Waals surface area contributed by atoms with Gasteiger partial charge in [-0.25, -0.2) is 4.57 Å². The van der Waals surface area contributed by atoms with Crippen LogP contribution in [0, 0.1) is 0 Å². The first-order valence-corrected chi connectivity index (χ1v) is 24.6. The van der Waals surface area contributed by atoms with Crippen molar-refractivity contribution >= 4 is 13.8 Å². The lowest BCUT2D eigenvalue weighted by Crippen LogP contribution is -2.29. The molecule has 3 atom stereocenters. The minimum Gasteiger partial charge on any atom is -0.457 e. The number of phosphoric acid groups is 1. The summed E-state index contributed by atoms with van der Waals surface area (Å²) in [5.74, 6) is -0.406. The molecule has 9 nitrogen and oxygen atoms in total. The molecule has 10 heteroatoms. The van der Waals surface area contributed by atoms with Gasteiger partial charge in [-0.3, -0.25) is 13.8 Å². The Bertz CT molecular complexity index is 1190. The van der Waals surface area contributed by atoms with Crippen LogP contribution in [0.25, 0.3) is 0 Å². The quantitative estimate of drug-likeness (QED) is 0.0237. The van der Waals surface area contributed by atoms with Crippen LogP contribution in [-0.2, 0) is 27.9 Å². The average molecular weight is 849 g/mol. The summed E-state index contributed by atoms with van der Waals surface area (Å²) >= 11 is 0. The molecule has 0 spiro atoms. The van der Waals surface area contributed by atoms with Gasteiger partial charge in [-0.15, -0.1) is 0 Å². The van der Waals surface area contributed by atoms with Gasteiger partial charge in [0.1, 0.15) is 12.2 Å². The lowest BCUT2D eigenvalue weighted by molar-refractivity contribution is -0.154. The highest BCUT2D eigenvalue weighted by Gasteiger charge is 2.26. The van der Waals surface area contributed by atoms with Crippen molar-refractivity contribution in [1.82, 2.24) is 0 Å². The highest BCUT2D eigenvalue weighted by atomic mass is 31.2. The molecule has 0 radical (unpaired) electrons. The third-order valence-electron chi connectivity index (χ3n) is 9.31. The second-order valence-corrected chi connectivity index (χ2v) is 16.5. The predicted octanol–water partition coefficient (Wildman–Crippen LogP) is 13.1. The van der Waals surface area contributed by atoms with E-state index in [1.54, 1.807) is 0 Å². The van der Waals surface area contributed by atoms with Crippen LogP contribution >= 0.6 is 7.82 Å². The lowest BCUT2D eigenvalue weighted by Gasteiger charge is -2.20. The summed E-state index contributed by atoms with van der Waals surface area (Å²) in [6.45, 7) is 3.29. The molecule has 0 aliphatic heterocycles. The zero-order chi connectivity index (χ0) is 43.2. The van der Waals surface area contributed by atoms with E-state index in [0.717, 1.165) is 96.3 Å². The summed E-state index contributed by atoms with van der Waals surface area (Å²) in [6, 6.07) is 0. The summed E-state index contributed by atoms with van der Waals surface area (Å²) < 4.78 is 33.4. The summed E-state index contributed by atoms with van der Waals surface area (Å²) in [6.07, 6.45) is 55.4. The fourth-order valence-corrected chi connectivity index (χ4v) is 6.61. The monoisotopic (exact) mass is 849 g/mol. The molecule has 0 heterocycles. The van der Waals surface area contributed by atoms with Gasteiger partial charge in [-0.05, 0) is 89.9 Å². The number of aliphatic hydroxyl groups is 2. The molecule has 0 fully saturated rings. The van der Waals surface area contributed by atoms with E-state index >= 15 is 0 Å². The van der Waals surface area contributed by atoms with Gasteiger partial charge in [0.2, 0.25) is 0 Å². The molecular formula is C49H85O9P. The van der Waals surface area contributed by atoms with Crippen LogP contribution in [0.1, 0.15) is 174 Å². The molecule has 0 saturated heterocycles. The summed E-state index contributed by atoms with van der Waals surface area (Å²) in [7, 11) is -4.54. The number of hydrogen-bond donors (Lipinski definition) is 3. The van der Waals surface area contributed by atoms with Crippen molar-refractivity contribution in [2.75, 3.05) is 33.0 Å². The first-order chi connectivity index (χ1) is 28.8. The largest absolute Gasteiger partial charge is 0.472 e. The number of ether oxygens (including phenoxy) is 2. The van der Waals surface area contributed by atoms with Crippen LogP contribution < -0.4 is 0 Å². The van der Waals surface area contributed by atoms with Crippen molar-refractivity contribution in [3.05, 3.63) is 85.1 Å². The van der Waals surface area contributed by atoms with Crippen molar-refractivity contribution in [2.45, 2.75) is 187 Å². The number of phosphoric ester groups is 1. The molecule has 0 amide bonds. The van der Waals surface area contributed by atoms with E-state index in [9.17, 15) is 19.4 Å². The van der Waals surface area contributed by atoms with Crippen LogP contribution in [0.15, 0.2) is 85.1 Å². The molecule has 340 valence electrons. The predicted molar refractivity (Wildman–Crippen MR) is 246 cm³/mol. The van der Waals surface area contributed by atoms with E-state index < -0.39 is 45.8 Å². The maximum absolute atomic E-state index is 12.6. The van der Waals surface area contributed by atoms with Gasteiger partial charge >= 0.3 is 13.8 Å². The molecule has 0 aromatic heterocycles. The van der Waals surface area contributed by atoms with Crippen molar-refractivity contribution in [3.63, 3.8) is 0 Å². The van der Waals surface area contributed by atoms with Gasteiger partial charge in [-0.1, -0.05) is 163 Å². The van der Waals surface area contributed by atoms with E-state index in [1.807, 2.05) is 0 Å². The molecule has 3 N–H and O–H groups in total. The summed E-state index contributed by atoms with van der Waals surface area (Å²) in [5, 5.41) is 18.4. The third kappa shape index (κ3) is 45.0. The number of hydrogen-bond acceptors (Lipinski definition) is 8. The molecule has 0 rings (SSSR count). The number of esters is 1. The molecule has 0 bridgehead atoms. The summed E-state index contributed by atoms with van der Waals surface area (Å²) in [5.41, 5.74) is 0. The Morgan fingerprint density at radius 1 is 0.542 bits per heavy atom. The molecule has 0 aromatic carbocycles. The molecule has 0 saturated carbocycles. The molecule has 0 aromatic rings. The number of carbonyl (C=O) groups is 1. The number of unbranched alkanes of at least 4 members (excludes halogenated alkanes) is 15. The van der Waals surface area contributed by atoms with E-state index in [-0.39, 0.29) is 13.0 Å². The SMILES string of the molecule is CC/C=C\C/C=C\C/C=C\C/C=C\C/C=C\C/C=C\CCCCCOCC(COP(=O)(O)OCC(O)CO)OC(=O)CCCCCCC/C=C\CCCCCCCCC. The van der Waals surface area contributed by atoms with E-state index in [1.165, 1.54) is 51.4 Å². The van der Waals surface area contributed by atoms with Crippen molar-refractivity contribution < 1.29 is 43.0 Å². The maximum atomic E-state index is 12.6. The van der Waals surface area contributed by atoms with Gasteiger partial charge in [0.15, 0.2) is 0 Å². The zero-order valence-corrected chi connectivity index (χ0v) is 38.1. The normalized spacial score (nSPS) is 14.7. The Kier molecular flexibility index (Phi) is 43.4. The topological polar surface area (TPSA) is 132 Å². The average Bonchev–Trinajstić information content (AvgIpc) is 3.23. The molecule has 0 aliphatic rings. The fraction of sp³-hybridized carbons (Fsp3) is 0.694. The van der Waals surface area contributed by atoms with Crippen LogP contribution in [0.5, 0.6) is 0 Å². The second kappa shape index (κ2) is 45.2. The molecule has 3 unspecified atom stereocenters. The van der Waals surface area contributed by atoms with Gasteiger partial charge in [0.25, 0.3) is 0 Å². The Morgan fingerprint density at radius 2 is 0.966 bits per heavy atom. The van der Waals surface area contributed by atoms with Gasteiger partial charge in [0, 0.05) is 13.0 Å². The van der Waals surface area contributed by atoms with Gasteiger partial charge in [-0.2, -0.15) is 0 Å². The van der Waals surface area contributed by atoms with Crippen LogP contribution in [0.4, 0.5) is 0 Å². The van der Waals surface area contributed by atoms with Crippen molar-refractivity contribution in [2.24, 2.45) is 0 Å². The fourth-order valence-electron chi connectivity index (χ4n) is 5.82. The highest BCUT2D eigenvalue weighted by Crippen LogP contribution is 2.43. The minimum atomic E-state index is -4.54. The second-order valence-electron chi connectivity index (χ2n) is 15.0. The van der Waals surface area contributed by atoms with E-state index in [0.29, 0.717) is 13.0 Å². The van der Waals surface area contributed by atoms with Gasteiger partial charge in [0.05, 0.1) is 26.4 Å².